The van der Waals surface area contributed by atoms with E-state index < -0.39 is 0 Å². The maximum Gasteiger partial charge on any atom is 0.0735 e. The van der Waals surface area contributed by atoms with Crippen LogP contribution >= 0.6 is 50.7 Å². The molecule has 0 spiro atoms. The number of rotatable bonds is 0. The third-order valence-electron chi connectivity index (χ3n) is 0.949. The van der Waals surface area contributed by atoms with Gasteiger partial charge in [0.1, 0.15) is 0 Å². The van der Waals surface area contributed by atoms with Gasteiger partial charge in [0.15, 0.2) is 0 Å². The predicted molar refractivity (Wildman–Crippen MR) is 49.2 cm³/mol. The minimum atomic E-state index is 0.459. The van der Waals surface area contributed by atoms with E-state index in [1.54, 1.807) is 12.1 Å². The van der Waals surface area contributed by atoms with Crippen molar-refractivity contribution in [2.75, 3.05) is 0 Å². The summed E-state index contributed by atoms with van der Waals surface area (Å²) in [6, 6.07) is 3.28. The van der Waals surface area contributed by atoms with Crippen molar-refractivity contribution < 1.29 is 0 Å². The van der Waals surface area contributed by atoms with Crippen molar-refractivity contribution >= 4 is 50.7 Å². The van der Waals surface area contributed by atoms with E-state index in [2.05, 4.69) is 15.9 Å². The van der Waals surface area contributed by atoms with Crippen LogP contribution in [-0.4, -0.2) is 0 Å². The van der Waals surface area contributed by atoms with Crippen molar-refractivity contribution in [3.8, 4) is 0 Å². The molecule has 0 atom stereocenters. The lowest BCUT2D eigenvalue weighted by Crippen LogP contribution is -1.71. The van der Waals surface area contributed by atoms with Gasteiger partial charge in [0.05, 0.1) is 10.0 Å². The Balaban J connectivity index is 3.31. The van der Waals surface area contributed by atoms with E-state index >= 15 is 0 Å². The molecule has 1 aromatic carbocycles. The Morgan fingerprint density at radius 2 is 1.70 bits per heavy atom. The van der Waals surface area contributed by atoms with Crippen molar-refractivity contribution in [3.05, 3.63) is 31.7 Å². The van der Waals surface area contributed by atoms with Crippen LogP contribution in [0.3, 0.4) is 0 Å². The van der Waals surface area contributed by atoms with Gasteiger partial charge in [-0.3, -0.25) is 0 Å². The quantitative estimate of drug-likeness (QED) is 0.479. The van der Waals surface area contributed by atoms with Crippen LogP contribution in [0.1, 0.15) is 0 Å². The van der Waals surface area contributed by atoms with Gasteiger partial charge in [-0.25, -0.2) is 0 Å². The fourth-order valence-electron chi connectivity index (χ4n) is 0.525. The summed E-state index contributed by atoms with van der Waals surface area (Å²) < 4.78 is 0.715. The highest BCUT2D eigenvalue weighted by Crippen LogP contribution is 2.32. The molecule has 0 heterocycles. The summed E-state index contributed by atoms with van der Waals surface area (Å²) in [6.45, 7) is 0. The second-order valence-electron chi connectivity index (χ2n) is 1.68. The van der Waals surface area contributed by atoms with Gasteiger partial charge in [-0.15, -0.1) is 0 Å². The molecule has 0 aromatic heterocycles. The van der Waals surface area contributed by atoms with Gasteiger partial charge in [0, 0.05) is 9.50 Å². The zero-order chi connectivity index (χ0) is 7.72. The lowest BCUT2D eigenvalue weighted by Gasteiger charge is -1.98. The summed E-state index contributed by atoms with van der Waals surface area (Å²) in [6.07, 6.45) is 0. The lowest BCUT2D eigenvalue weighted by atomic mass is 10.4. The molecule has 10 heavy (non-hydrogen) atoms. The van der Waals surface area contributed by atoms with Gasteiger partial charge in [-0.1, -0.05) is 34.8 Å². The first kappa shape index (κ1) is 8.66. The third kappa shape index (κ3) is 1.79. The molecular weight excluding hydrogens is 258 g/mol. The molecule has 0 aliphatic carbocycles. The first-order valence-corrected chi connectivity index (χ1v) is 4.34. The molecular formula is C6H2BrCl3. The summed E-state index contributed by atoms with van der Waals surface area (Å²) in [7, 11) is 0. The molecule has 1 aromatic rings. The average Bonchev–Trinajstić information content (AvgIpc) is 1.82. The lowest BCUT2D eigenvalue weighted by molar-refractivity contribution is 1.65. The van der Waals surface area contributed by atoms with Gasteiger partial charge in [-0.2, -0.15) is 0 Å². The van der Waals surface area contributed by atoms with Crippen LogP contribution in [0.25, 0.3) is 0 Å². The topological polar surface area (TPSA) is 0 Å². The monoisotopic (exact) mass is 258 g/mol. The third-order valence-corrected chi connectivity index (χ3v) is 2.82. The van der Waals surface area contributed by atoms with Crippen LogP contribution in [-0.2, 0) is 0 Å². The first-order valence-electron chi connectivity index (χ1n) is 2.41. The molecule has 0 aliphatic rings. The van der Waals surface area contributed by atoms with Crippen LogP contribution < -0.4 is 0 Å². The molecule has 0 N–H and O–H groups in total. The number of halogens is 4. The molecule has 0 aliphatic heterocycles. The Hall–Kier alpha value is 0.570. The minimum Gasteiger partial charge on any atom is -0.0842 e. The Bertz CT molecular complexity index is 236. The molecule has 0 amide bonds. The summed E-state index contributed by atoms with van der Waals surface area (Å²) >= 11 is 20.2. The Kier molecular flexibility index (Phi) is 2.87. The van der Waals surface area contributed by atoms with Gasteiger partial charge in [0.25, 0.3) is 0 Å². The Labute approximate surface area is 82.2 Å². The van der Waals surface area contributed by atoms with E-state index in [4.69, 9.17) is 34.8 Å². The van der Waals surface area contributed by atoms with Crippen LogP contribution in [0.4, 0.5) is 0 Å². The summed E-state index contributed by atoms with van der Waals surface area (Å²) in [5.41, 5.74) is 0. The Morgan fingerprint density at radius 3 is 2.20 bits per heavy atom. The molecule has 0 unspecified atom stereocenters. The number of hydrogen-bond donors (Lipinski definition) is 0. The van der Waals surface area contributed by atoms with E-state index in [0.717, 1.165) is 0 Å². The molecule has 0 radical (unpaired) electrons. The van der Waals surface area contributed by atoms with E-state index in [9.17, 15) is 0 Å². The smallest absolute Gasteiger partial charge is 0.0735 e. The van der Waals surface area contributed by atoms with Crippen molar-refractivity contribution in [2.45, 2.75) is 0 Å². The summed E-state index contributed by atoms with van der Waals surface area (Å²) in [5.74, 6) is 0. The maximum absolute atomic E-state index is 5.71. The second-order valence-corrected chi connectivity index (χ2v) is 3.76. The zero-order valence-corrected chi connectivity index (χ0v) is 8.52. The second kappa shape index (κ2) is 3.31. The molecule has 0 saturated heterocycles. The standard InChI is InChI=1S/C6H2BrCl3/c7-4-1-3(8)2-5(9)6(4)10/h1-2H. The zero-order valence-electron chi connectivity index (χ0n) is 4.67. The van der Waals surface area contributed by atoms with Gasteiger partial charge in [-0.05, 0) is 28.1 Å². The van der Waals surface area contributed by atoms with E-state index in [1.807, 2.05) is 0 Å². The molecule has 4 heteroatoms. The van der Waals surface area contributed by atoms with E-state index in [0.29, 0.717) is 19.5 Å². The van der Waals surface area contributed by atoms with E-state index in [1.165, 1.54) is 0 Å². The molecule has 0 fully saturated rings. The van der Waals surface area contributed by atoms with Gasteiger partial charge < -0.3 is 0 Å². The highest BCUT2D eigenvalue weighted by Gasteiger charge is 2.02. The van der Waals surface area contributed by atoms with Crippen molar-refractivity contribution in [1.82, 2.24) is 0 Å². The molecule has 1 rings (SSSR count). The molecule has 0 nitrogen and oxygen atoms in total. The van der Waals surface area contributed by atoms with E-state index in [-0.39, 0.29) is 0 Å². The molecule has 0 bridgehead atoms. The first-order chi connectivity index (χ1) is 4.61. The fourth-order valence-corrected chi connectivity index (χ4v) is 1.83. The fraction of sp³-hybridized carbons (Fsp3) is 0. The van der Waals surface area contributed by atoms with Crippen LogP contribution in [0.15, 0.2) is 16.6 Å². The predicted octanol–water partition coefficient (Wildman–Crippen LogP) is 4.41. The minimum absolute atomic E-state index is 0.459. The molecule has 54 valence electrons. The Morgan fingerprint density at radius 1 is 1.10 bits per heavy atom. The highest BCUT2D eigenvalue weighted by molar-refractivity contribution is 9.10. The number of hydrogen-bond acceptors (Lipinski definition) is 0. The highest BCUT2D eigenvalue weighted by atomic mass is 79.9. The largest absolute Gasteiger partial charge is 0.0842 e. The van der Waals surface area contributed by atoms with Crippen molar-refractivity contribution in [3.63, 3.8) is 0 Å². The van der Waals surface area contributed by atoms with Crippen molar-refractivity contribution in [1.29, 1.82) is 0 Å². The normalized spacial score (nSPS) is 10.0. The average molecular weight is 260 g/mol. The van der Waals surface area contributed by atoms with Crippen molar-refractivity contribution in [2.24, 2.45) is 0 Å². The number of benzene rings is 1. The summed E-state index contributed by atoms with van der Waals surface area (Å²) in [4.78, 5) is 0. The van der Waals surface area contributed by atoms with Crippen LogP contribution in [0.2, 0.25) is 15.1 Å². The molecule has 0 saturated carbocycles. The van der Waals surface area contributed by atoms with Gasteiger partial charge >= 0.3 is 0 Å². The maximum atomic E-state index is 5.71. The van der Waals surface area contributed by atoms with Gasteiger partial charge in [0.2, 0.25) is 0 Å². The van der Waals surface area contributed by atoms with Crippen LogP contribution in [0.5, 0.6) is 0 Å². The van der Waals surface area contributed by atoms with Crippen LogP contribution in [0, 0.1) is 0 Å². The SMILES string of the molecule is Clc1cc(Cl)c(Cl)c(Br)c1. The summed E-state index contributed by atoms with van der Waals surface area (Å²) in [5, 5.41) is 1.52.